The average molecular weight is 622 g/mol. The summed E-state index contributed by atoms with van der Waals surface area (Å²) in [6.45, 7) is 0. The van der Waals surface area contributed by atoms with Crippen molar-refractivity contribution in [3.05, 3.63) is 150 Å². The van der Waals surface area contributed by atoms with Gasteiger partial charge in [0.15, 0.2) is 11.6 Å². The fourth-order valence-corrected chi connectivity index (χ4v) is 7.78. The van der Waals surface area contributed by atoms with Gasteiger partial charge in [-0.1, -0.05) is 97.1 Å². The van der Waals surface area contributed by atoms with Crippen LogP contribution in [0.25, 0.3) is 66.6 Å². The molecule has 5 nitrogen and oxygen atoms in total. The lowest BCUT2D eigenvalue weighted by Crippen LogP contribution is -2.19. The van der Waals surface area contributed by atoms with Gasteiger partial charge in [0.25, 0.3) is 0 Å². The molecule has 0 radical (unpaired) electrons. The van der Waals surface area contributed by atoms with E-state index >= 15 is 0 Å². The van der Waals surface area contributed by atoms with E-state index in [1.807, 2.05) is 30.3 Å². The first-order valence-corrected chi connectivity index (χ1v) is 16.8. The van der Waals surface area contributed by atoms with E-state index in [1.54, 1.807) is 0 Å². The smallest absolute Gasteiger partial charge is 0.163 e. The maximum absolute atomic E-state index is 6.77. The Bertz CT molecular complexity index is 2540. The van der Waals surface area contributed by atoms with Crippen LogP contribution >= 0.6 is 0 Å². The van der Waals surface area contributed by atoms with Gasteiger partial charge in [-0.25, -0.2) is 15.0 Å². The molecule has 7 aromatic rings. The third-order valence-corrected chi connectivity index (χ3v) is 10.1. The van der Waals surface area contributed by atoms with Crippen molar-refractivity contribution in [1.82, 2.24) is 15.0 Å². The molecule has 0 aliphatic heterocycles. The van der Waals surface area contributed by atoms with Crippen molar-refractivity contribution >= 4 is 44.1 Å². The van der Waals surface area contributed by atoms with Crippen molar-refractivity contribution in [1.29, 1.82) is 0 Å². The van der Waals surface area contributed by atoms with E-state index in [4.69, 9.17) is 23.8 Å². The molecule has 0 fully saturated rings. The highest BCUT2D eigenvalue weighted by Crippen LogP contribution is 2.49. The third kappa shape index (κ3) is 4.34. The van der Waals surface area contributed by atoms with E-state index < -0.39 is 0 Å². The molecule has 48 heavy (non-hydrogen) atoms. The molecule has 0 saturated heterocycles. The van der Waals surface area contributed by atoms with E-state index in [1.165, 1.54) is 16.7 Å². The van der Waals surface area contributed by atoms with Gasteiger partial charge in [-0.3, -0.25) is 0 Å². The van der Waals surface area contributed by atoms with Gasteiger partial charge in [-0.2, -0.15) is 0 Å². The Balaban J connectivity index is 1.16. The molecule has 3 aliphatic carbocycles. The molecule has 0 amide bonds. The minimum atomic E-state index is -0.0281. The molecule has 0 spiro atoms. The van der Waals surface area contributed by atoms with Crippen LogP contribution in [0, 0.1) is 0 Å². The van der Waals surface area contributed by atoms with Crippen molar-refractivity contribution < 1.29 is 8.83 Å². The largest absolute Gasteiger partial charge is 0.456 e. The number of fused-ring (bicyclic) bond motifs is 7. The molecule has 1 atom stereocenters. The number of benzene rings is 4. The van der Waals surface area contributed by atoms with Crippen molar-refractivity contribution in [2.75, 3.05) is 0 Å². The van der Waals surface area contributed by atoms with E-state index in [0.717, 1.165) is 111 Å². The Morgan fingerprint density at radius 2 is 1.48 bits per heavy atom. The Kier molecular flexibility index (Phi) is 6.19. The second kappa shape index (κ2) is 10.9. The van der Waals surface area contributed by atoms with Crippen LogP contribution in [0.15, 0.2) is 136 Å². The van der Waals surface area contributed by atoms with Crippen LogP contribution in [0.1, 0.15) is 54.6 Å². The Labute approximate surface area is 277 Å². The molecular formula is C43H31N3O2. The average Bonchev–Trinajstić information content (AvgIpc) is 3.73. The van der Waals surface area contributed by atoms with Gasteiger partial charge in [-0.05, 0) is 84.2 Å². The van der Waals surface area contributed by atoms with Gasteiger partial charge < -0.3 is 8.83 Å². The van der Waals surface area contributed by atoms with E-state index in [-0.39, 0.29) is 5.92 Å². The highest BCUT2D eigenvalue weighted by molar-refractivity contribution is 6.07. The standard InChI is InChI=1S/C43H31N3O2/c1-3-12-26(13-4-1)41-44-42(27-14-5-2-6-15-27)46-43(45-41)34-25-35-39-29(19-11-21-37(39)48-40(35)33-18-8-7-16-30(33)34)28-22-23-32-31-17-9-10-20-36(31)47-38(32)24-28/h1-5,7,9-14,16-17,19-24,34H,6,8,15,18,25H2. The topological polar surface area (TPSA) is 65.0 Å². The summed E-state index contributed by atoms with van der Waals surface area (Å²) in [5.74, 6) is 3.29. The number of rotatable bonds is 4. The minimum Gasteiger partial charge on any atom is -0.456 e. The lowest BCUT2D eigenvalue weighted by molar-refractivity contribution is 0.574. The second-order valence-corrected chi connectivity index (χ2v) is 12.9. The fraction of sp³-hybridized carbons (Fsp3) is 0.140. The van der Waals surface area contributed by atoms with Crippen LogP contribution in [0.5, 0.6) is 0 Å². The summed E-state index contributed by atoms with van der Waals surface area (Å²) in [4.78, 5) is 15.5. The van der Waals surface area contributed by atoms with E-state index in [0.29, 0.717) is 0 Å². The van der Waals surface area contributed by atoms with Crippen LogP contribution < -0.4 is 0 Å². The molecule has 10 rings (SSSR count). The number of hydrogen-bond acceptors (Lipinski definition) is 5. The molecule has 3 heterocycles. The SMILES string of the molecule is C1=CCCC(c2nc(-c3ccccc3)nc(C3Cc4c(oc5cccc(-c6ccc7c(c6)oc6ccccc67)c45)C4=C3C=CCC4)n2)=C1. The highest BCUT2D eigenvalue weighted by Gasteiger charge is 2.35. The lowest BCUT2D eigenvalue weighted by atomic mass is 9.76. The van der Waals surface area contributed by atoms with Gasteiger partial charge in [-0.15, -0.1) is 0 Å². The van der Waals surface area contributed by atoms with Gasteiger partial charge in [0.2, 0.25) is 0 Å². The number of nitrogens with zero attached hydrogens (tertiary/aromatic N) is 3. The normalized spacial score (nSPS) is 17.2. The summed E-state index contributed by atoms with van der Waals surface area (Å²) in [7, 11) is 0. The fourth-order valence-electron chi connectivity index (χ4n) is 7.78. The van der Waals surface area contributed by atoms with Crippen LogP contribution in [0.4, 0.5) is 0 Å². The number of furan rings is 2. The van der Waals surface area contributed by atoms with Crippen molar-refractivity contribution in [3.63, 3.8) is 0 Å². The predicted molar refractivity (Wildman–Crippen MR) is 192 cm³/mol. The zero-order valence-corrected chi connectivity index (χ0v) is 26.3. The summed E-state index contributed by atoms with van der Waals surface area (Å²) in [5.41, 5.74) is 10.9. The molecule has 1 unspecified atom stereocenters. The molecule has 0 N–H and O–H groups in total. The van der Waals surface area contributed by atoms with E-state index in [2.05, 4.69) is 91.0 Å². The maximum Gasteiger partial charge on any atom is 0.163 e. The summed E-state index contributed by atoms with van der Waals surface area (Å²) in [5, 5.41) is 3.42. The first-order chi connectivity index (χ1) is 23.8. The summed E-state index contributed by atoms with van der Waals surface area (Å²) >= 11 is 0. The number of hydrogen-bond donors (Lipinski definition) is 0. The zero-order chi connectivity index (χ0) is 31.6. The van der Waals surface area contributed by atoms with Crippen molar-refractivity contribution in [3.8, 4) is 22.5 Å². The number of para-hydroxylation sites is 1. The highest BCUT2D eigenvalue weighted by atomic mass is 16.3. The van der Waals surface area contributed by atoms with Crippen molar-refractivity contribution in [2.45, 2.75) is 38.0 Å². The molecule has 0 saturated carbocycles. The monoisotopic (exact) mass is 621 g/mol. The molecule has 3 aromatic heterocycles. The van der Waals surface area contributed by atoms with Gasteiger partial charge in [0, 0.05) is 33.2 Å². The minimum absolute atomic E-state index is 0.0281. The van der Waals surface area contributed by atoms with E-state index in [9.17, 15) is 0 Å². The third-order valence-electron chi connectivity index (χ3n) is 10.1. The predicted octanol–water partition coefficient (Wildman–Crippen LogP) is 11.0. The zero-order valence-electron chi connectivity index (χ0n) is 26.3. The second-order valence-electron chi connectivity index (χ2n) is 12.9. The van der Waals surface area contributed by atoms with Crippen molar-refractivity contribution in [2.24, 2.45) is 0 Å². The first-order valence-electron chi connectivity index (χ1n) is 16.8. The van der Waals surface area contributed by atoms with Gasteiger partial charge >= 0.3 is 0 Å². The molecule has 3 aliphatic rings. The summed E-state index contributed by atoms with van der Waals surface area (Å²) < 4.78 is 13.1. The molecule has 4 aromatic carbocycles. The van der Waals surface area contributed by atoms with Gasteiger partial charge in [0.05, 0.1) is 0 Å². The lowest BCUT2D eigenvalue weighted by Gasteiger charge is -2.28. The maximum atomic E-state index is 6.77. The van der Waals surface area contributed by atoms with Crippen LogP contribution in [-0.4, -0.2) is 15.0 Å². The Morgan fingerprint density at radius 1 is 0.646 bits per heavy atom. The molecule has 5 heteroatoms. The molecule has 230 valence electrons. The molecular weight excluding hydrogens is 590 g/mol. The summed E-state index contributed by atoms with van der Waals surface area (Å²) in [6, 6.07) is 31.5. The Hall–Kier alpha value is -5.81. The van der Waals surface area contributed by atoms with Gasteiger partial charge in [0.1, 0.15) is 28.3 Å². The number of aromatic nitrogens is 3. The van der Waals surface area contributed by atoms with Crippen LogP contribution in [-0.2, 0) is 6.42 Å². The van der Waals surface area contributed by atoms with Crippen LogP contribution in [0.3, 0.4) is 0 Å². The quantitative estimate of drug-likeness (QED) is 0.196. The Morgan fingerprint density at radius 3 is 2.40 bits per heavy atom. The summed E-state index contributed by atoms with van der Waals surface area (Å²) in [6.07, 6.45) is 15.6. The van der Waals surface area contributed by atoms with Crippen LogP contribution in [0.2, 0.25) is 0 Å². The number of allylic oxidation sites excluding steroid dienone is 8. The first kappa shape index (κ1) is 27.3. The molecule has 0 bridgehead atoms.